The molecule has 0 atom stereocenters. The van der Waals surface area contributed by atoms with E-state index in [4.69, 9.17) is 21.4 Å². The number of halogens is 1. The van der Waals surface area contributed by atoms with Gasteiger partial charge in [-0.2, -0.15) is 0 Å². The number of aliphatic hydroxyl groups is 1. The Bertz CT molecular complexity index is 323. The van der Waals surface area contributed by atoms with Crippen molar-refractivity contribution in [3.63, 3.8) is 0 Å². The highest BCUT2D eigenvalue weighted by Gasteiger charge is 2.09. The maximum Gasteiger partial charge on any atom is 0.256 e. The van der Waals surface area contributed by atoms with Crippen molar-refractivity contribution in [1.29, 1.82) is 0 Å². The fourth-order valence-corrected chi connectivity index (χ4v) is 1.15. The van der Waals surface area contributed by atoms with Gasteiger partial charge in [0.1, 0.15) is 5.75 Å². The fraction of sp³-hybridized carbons (Fsp3) is 0.222. The number of rotatable bonds is 3. The molecule has 0 heterocycles. The van der Waals surface area contributed by atoms with Crippen LogP contribution < -0.4 is 4.74 Å². The molecule has 0 bridgehead atoms. The van der Waals surface area contributed by atoms with Crippen LogP contribution >= 0.6 is 11.6 Å². The molecule has 0 aliphatic rings. The molecule has 3 nitrogen and oxygen atoms in total. The highest BCUT2D eigenvalue weighted by Crippen LogP contribution is 2.21. The van der Waals surface area contributed by atoms with Crippen LogP contribution in [0.5, 0.6) is 5.75 Å². The zero-order chi connectivity index (χ0) is 9.84. The number of benzene rings is 1. The van der Waals surface area contributed by atoms with E-state index in [2.05, 4.69) is 0 Å². The summed E-state index contributed by atoms with van der Waals surface area (Å²) in [5, 5.41) is 8.25. The summed E-state index contributed by atoms with van der Waals surface area (Å²) in [6.45, 7) is -0.0902. The van der Waals surface area contributed by atoms with Gasteiger partial charge in [0.05, 0.1) is 19.3 Å². The van der Waals surface area contributed by atoms with Gasteiger partial charge in [-0.25, -0.2) is 0 Å². The summed E-state index contributed by atoms with van der Waals surface area (Å²) in [6.07, 6.45) is 0. The van der Waals surface area contributed by atoms with Gasteiger partial charge in [-0.1, -0.05) is 6.07 Å². The highest BCUT2D eigenvalue weighted by molar-refractivity contribution is 6.68. The molecule has 1 aromatic rings. The number of hydrogen-bond acceptors (Lipinski definition) is 3. The molecule has 1 aromatic carbocycles. The summed E-state index contributed by atoms with van der Waals surface area (Å²) >= 11 is 5.30. The molecule has 70 valence electrons. The van der Waals surface area contributed by atoms with Crippen LogP contribution in [0, 0.1) is 0 Å². The van der Waals surface area contributed by atoms with Gasteiger partial charge in [0, 0.05) is 0 Å². The van der Waals surface area contributed by atoms with Crippen molar-refractivity contribution >= 4 is 16.8 Å². The van der Waals surface area contributed by atoms with Crippen molar-refractivity contribution < 1.29 is 14.6 Å². The van der Waals surface area contributed by atoms with Gasteiger partial charge in [-0.3, -0.25) is 4.79 Å². The van der Waals surface area contributed by atoms with Crippen LogP contribution in [0.3, 0.4) is 0 Å². The number of carbonyl (C=O) groups excluding carboxylic acids is 1. The summed E-state index contributed by atoms with van der Waals surface area (Å²) in [6, 6.07) is 4.73. The quantitative estimate of drug-likeness (QED) is 0.754. The minimum Gasteiger partial charge on any atom is -0.496 e. The van der Waals surface area contributed by atoms with Gasteiger partial charge in [0.15, 0.2) is 0 Å². The summed E-state index contributed by atoms with van der Waals surface area (Å²) < 4.78 is 4.93. The fourth-order valence-electron chi connectivity index (χ4n) is 0.996. The van der Waals surface area contributed by atoms with Crippen molar-refractivity contribution in [2.75, 3.05) is 7.11 Å². The van der Waals surface area contributed by atoms with Crippen molar-refractivity contribution in [3.05, 3.63) is 29.3 Å². The molecular formula is C9H9ClO3. The Hall–Kier alpha value is -1.06. The number of aliphatic hydroxyl groups excluding tert-OH is 1. The normalized spacial score (nSPS) is 9.77. The van der Waals surface area contributed by atoms with Crippen LogP contribution in [0.25, 0.3) is 0 Å². The van der Waals surface area contributed by atoms with Crippen molar-refractivity contribution in [1.82, 2.24) is 0 Å². The number of ether oxygens (including phenoxy) is 1. The Balaban J connectivity index is 3.15. The predicted molar refractivity (Wildman–Crippen MR) is 49.1 cm³/mol. The molecule has 0 spiro atoms. The Labute approximate surface area is 80.9 Å². The maximum atomic E-state index is 10.8. The standard InChI is InChI=1S/C9H9ClO3/c1-13-8-4-6(5-11)2-3-7(8)9(10)12/h2-4,11H,5H2,1H3. The Morgan fingerprint density at radius 2 is 2.31 bits per heavy atom. The number of methoxy groups -OCH3 is 1. The first-order valence-corrected chi connectivity index (χ1v) is 4.04. The second-order valence-corrected chi connectivity index (χ2v) is 2.81. The van der Waals surface area contributed by atoms with Gasteiger partial charge in [0.2, 0.25) is 0 Å². The lowest BCUT2D eigenvalue weighted by molar-refractivity contribution is 0.107. The zero-order valence-electron chi connectivity index (χ0n) is 7.08. The van der Waals surface area contributed by atoms with Gasteiger partial charge < -0.3 is 9.84 Å². The average Bonchev–Trinajstić information content (AvgIpc) is 2.16. The largest absolute Gasteiger partial charge is 0.496 e. The third-order valence-electron chi connectivity index (χ3n) is 1.66. The second kappa shape index (κ2) is 4.25. The first-order chi connectivity index (χ1) is 6.19. The molecule has 0 aliphatic carbocycles. The van der Waals surface area contributed by atoms with E-state index in [-0.39, 0.29) is 6.61 Å². The van der Waals surface area contributed by atoms with Crippen molar-refractivity contribution in [2.24, 2.45) is 0 Å². The third kappa shape index (κ3) is 2.20. The lowest BCUT2D eigenvalue weighted by Gasteiger charge is -2.05. The number of hydrogen-bond donors (Lipinski definition) is 1. The van der Waals surface area contributed by atoms with Crippen LogP contribution in [0.4, 0.5) is 0 Å². The van der Waals surface area contributed by atoms with Gasteiger partial charge in [-0.15, -0.1) is 0 Å². The lowest BCUT2D eigenvalue weighted by atomic mass is 10.1. The molecule has 13 heavy (non-hydrogen) atoms. The molecule has 1 rings (SSSR count). The molecule has 0 amide bonds. The Kier molecular flexibility index (Phi) is 3.28. The number of carbonyl (C=O) groups is 1. The topological polar surface area (TPSA) is 46.5 Å². The maximum absolute atomic E-state index is 10.8. The van der Waals surface area contributed by atoms with Crippen LogP contribution in [-0.4, -0.2) is 17.5 Å². The van der Waals surface area contributed by atoms with E-state index in [1.54, 1.807) is 12.1 Å². The summed E-state index contributed by atoms with van der Waals surface area (Å²) in [5.41, 5.74) is 0.986. The summed E-state index contributed by atoms with van der Waals surface area (Å²) in [7, 11) is 1.44. The molecule has 0 aromatic heterocycles. The van der Waals surface area contributed by atoms with Crippen LogP contribution in [-0.2, 0) is 6.61 Å². The van der Waals surface area contributed by atoms with E-state index in [9.17, 15) is 4.79 Å². The van der Waals surface area contributed by atoms with E-state index in [0.29, 0.717) is 16.9 Å². The Morgan fingerprint density at radius 1 is 1.62 bits per heavy atom. The van der Waals surface area contributed by atoms with Gasteiger partial charge >= 0.3 is 0 Å². The molecule has 0 aliphatic heterocycles. The molecule has 0 fully saturated rings. The highest BCUT2D eigenvalue weighted by atomic mass is 35.5. The molecule has 4 heteroatoms. The van der Waals surface area contributed by atoms with Crippen LogP contribution in [0.15, 0.2) is 18.2 Å². The van der Waals surface area contributed by atoms with E-state index < -0.39 is 5.24 Å². The average molecular weight is 201 g/mol. The smallest absolute Gasteiger partial charge is 0.256 e. The van der Waals surface area contributed by atoms with Crippen LogP contribution in [0.1, 0.15) is 15.9 Å². The van der Waals surface area contributed by atoms with Crippen LogP contribution in [0.2, 0.25) is 0 Å². The van der Waals surface area contributed by atoms with Gasteiger partial charge in [0.25, 0.3) is 5.24 Å². The van der Waals surface area contributed by atoms with E-state index >= 15 is 0 Å². The summed E-state index contributed by atoms with van der Waals surface area (Å²) in [4.78, 5) is 10.8. The predicted octanol–water partition coefficient (Wildman–Crippen LogP) is 1.57. The van der Waals surface area contributed by atoms with E-state index in [0.717, 1.165) is 0 Å². The minimum absolute atomic E-state index is 0.0902. The zero-order valence-corrected chi connectivity index (χ0v) is 7.84. The van der Waals surface area contributed by atoms with Crippen molar-refractivity contribution in [3.8, 4) is 5.75 Å². The molecule has 0 saturated carbocycles. The first-order valence-electron chi connectivity index (χ1n) is 3.66. The summed E-state index contributed by atoms with van der Waals surface area (Å²) in [5.74, 6) is 0.381. The van der Waals surface area contributed by atoms with E-state index in [1.807, 2.05) is 0 Å². The third-order valence-corrected chi connectivity index (χ3v) is 1.86. The monoisotopic (exact) mass is 200 g/mol. The molecule has 0 radical (unpaired) electrons. The molecule has 0 saturated heterocycles. The first kappa shape index (κ1) is 10.0. The van der Waals surface area contributed by atoms with Gasteiger partial charge in [-0.05, 0) is 29.3 Å². The van der Waals surface area contributed by atoms with Crippen molar-refractivity contribution in [2.45, 2.75) is 6.61 Å². The lowest BCUT2D eigenvalue weighted by Crippen LogP contribution is -1.96. The molecular weight excluding hydrogens is 192 g/mol. The second-order valence-electron chi connectivity index (χ2n) is 2.47. The SMILES string of the molecule is COc1cc(CO)ccc1C(=O)Cl. The Morgan fingerprint density at radius 3 is 2.77 bits per heavy atom. The minimum atomic E-state index is -0.568. The molecule has 1 N–H and O–H groups in total. The molecule has 0 unspecified atom stereocenters. The van der Waals surface area contributed by atoms with E-state index in [1.165, 1.54) is 13.2 Å².